The number of aliphatic hydroxyl groups is 2. The zero-order valence-electron chi connectivity index (χ0n) is 20.9. The van der Waals surface area contributed by atoms with Gasteiger partial charge in [0, 0.05) is 12.6 Å². The molecule has 0 saturated carbocycles. The second kappa shape index (κ2) is 10.6. The Morgan fingerprint density at radius 3 is 2.80 bits per heavy atom. The highest BCUT2D eigenvalue weighted by molar-refractivity contribution is 8.07. The van der Waals surface area contributed by atoms with Gasteiger partial charge in [-0.1, -0.05) is 0 Å². The molecule has 17 nitrogen and oxygen atoms in total. The van der Waals surface area contributed by atoms with Gasteiger partial charge in [0.05, 0.1) is 31.0 Å². The molecule has 220 valence electrons. The molecule has 2 aliphatic rings. The van der Waals surface area contributed by atoms with E-state index in [0.717, 1.165) is 0 Å². The average molecular weight is 614 g/mol. The molecule has 6 rings (SSSR count). The molecule has 2 saturated heterocycles. The van der Waals surface area contributed by atoms with E-state index in [1.807, 2.05) is 0 Å². The lowest BCUT2D eigenvalue weighted by atomic mass is 10.1. The maximum atomic E-state index is 15.1. The zero-order chi connectivity index (χ0) is 29.1. The summed E-state index contributed by atoms with van der Waals surface area (Å²) in [5.41, 5.74) is 11.3. The molecule has 0 aliphatic carbocycles. The molecule has 2 unspecified atom stereocenters. The average Bonchev–Trinajstić information content (AvgIpc) is 3.69. The minimum atomic E-state index is -4.05. The van der Waals surface area contributed by atoms with Crippen LogP contribution < -0.4 is 17.0 Å². The number of nitrogen functional groups attached to an aromatic ring is 2. The Bertz CT molecular complexity index is 1700. The summed E-state index contributed by atoms with van der Waals surface area (Å²) >= 11 is 5.19. The van der Waals surface area contributed by atoms with Crippen LogP contribution in [0.3, 0.4) is 0 Å². The number of aromatic nitrogens is 7. The van der Waals surface area contributed by atoms with Crippen LogP contribution in [0, 0.1) is 0 Å². The third-order valence-electron chi connectivity index (χ3n) is 6.85. The summed E-state index contributed by atoms with van der Waals surface area (Å²) in [5, 5.41) is 20.7. The number of nitrogens with two attached hydrogens (primary N) is 2. The predicted molar refractivity (Wildman–Crippen MR) is 142 cm³/mol. The van der Waals surface area contributed by atoms with Crippen LogP contribution in [0.15, 0.2) is 29.7 Å². The number of aliphatic hydroxyl groups excluding tert-OH is 2. The van der Waals surface area contributed by atoms with Gasteiger partial charge in [0.25, 0.3) is 5.56 Å². The Morgan fingerprint density at radius 1 is 1.22 bits per heavy atom. The molecule has 0 radical (unpaired) electrons. The fourth-order valence-corrected chi connectivity index (χ4v) is 6.38. The molecule has 2 aliphatic heterocycles. The Balaban J connectivity index is 1.16. The number of aromatic amines is 1. The van der Waals surface area contributed by atoms with Crippen molar-refractivity contribution in [2.24, 2.45) is 0 Å². The van der Waals surface area contributed by atoms with E-state index < -0.39 is 61.9 Å². The second-order valence-electron chi connectivity index (χ2n) is 9.47. The van der Waals surface area contributed by atoms with E-state index in [1.165, 1.54) is 28.0 Å². The minimum Gasteiger partial charge on any atom is -0.394 e. The molecule has 6 heterocycles. The van der Waals surface area contributed by atoms with Crippen LogP contribution in [0.2, 0.25) is 0 Å². The Hall–Kier alpha value is -3.13. The van der Waals surface area contributed by atoms with Gasteiger partial charge in [0.2, 0.25) is 5.95 Å². The number of imidazole rings is 1. The van der Waals surface area contributed by atoms with Gasteiger partial charge in [0.15, 0.2) is 29.8 Å². The van der Waals surface area contributed by atoms with Crippen LogP contribution >= 0.6 is 6.72 Å². The van der Waals surface area contributed by atoms with Crippen molar-refractivity contribution < 1.29 is 38.0 Å². The van der Waals surface area contributed by atoms with Gasteiger partial charge in [0.1, 0.15) is 36.1 Å². The maximum Gasteiger partial charge on any atom is 0.325 e. The second-order valence-corrected chi connectivity index (χ2v) is 12.3. The number of rotatable bonds is 8. The molecule has 2 fully saturated rings. The van der Waals surface area contributed by atoms with Crippen molar-refractivity contribution in [1.29, 1.82) is 0 Å². The minimum absolute atomic E-state index is 0.0130. The number of hydrogen-bond acceptors (Lipinski definition) is 14. The lowest BCUT2D eigenvalue weighted by molar-refractivity contribution is -0.0551. The maximum absolute atomic E-state index is 15.1. The van der Waals surface area contributed by atoms with Crippen molar-refractivity contribution in [2.45, 2.75) is 49.5 Å². The molecule has 8 N–H and O–H groups in total. The molecule has 0 bridgehead atoms. The van der Waals surface area contributed by atoms with Crippen molar-refractivity contribution in [3.05, 3.63) is 35.3 Å². The molecule has 0 spiro atoms. The molecule has 0 aromatic carbocycles. The van der Waals surface area contributed by atoms with Gasteiger partial charge < -0.3 is 49.7 Å². The molecule has 20 heteroatoms. The van der Waals surface area contributed by atoms with Crippen molar-refractivity contribution in [2.75, 3.05) is 24.7 Å². The van der Waals surface area contributed by atoms with Gasteiger partial charge in [-0.2, -0.15) is 4.98 Å². The fourth-order valence-electron chi connectivity index (χ4n) is 4.93. The summed E-state index contributed by atoms with van der Waals surface area (Å²) in [4.78, 5) is 41.5. The first kappa shape index (κ1) is 28.0. The van der Waals surface area contributed by atoms with E-state index in [9.17, 15) is 19.9 Å². The summed E-state index contributed by atoms with van der Waals surface area (Å²) < 4.78 is 40.6. The number of hydrogen-bond donors (Lipinski definition) is 6. The van der Waals surface area contributed by atoms with E-state index in [0.29, 0.717) is 11.0 Å². The van der Waals surface area contributed by atoms with E-state index >= 15 is 4.39 Å². The quantitative estimate of drug-likeness (QED) is 0.134. The highest BCUT2D eigenvalue weighted by Crippen LogP contribution is 2.50. The third kappa shape index (κ3) is 5.09. The first-order valence-electron chi connectivity index (χ1n) is 12.3. The third-order valence-corrected chi connectivity index (χ3v) is 8.44. The van der Waals surface area contributed by atoms with Crippen LogP contribution in [0.5, 0.6) is 0 Å². The van der Waals surface area contributed by atoms with Crippen LogP contribution in [0.25, 0.3) is 22.2 Å². The number of alkyl halides is 1. The summed E-state index contributed by atoms with van der Waals surface area (Å²) in [6, 6.07) is 1.60. The lowest BCUT2D eigenvalue weighted by Crippen LogP contribution is -2.31. The number of anilines is 2. The zero-order valence-corrected chi connectivity index (χ0v) is 22.6. The predicted octanol–water partition coefficient (Wildman–Crippen LogP) is -0.776. The fraction of sp³-hybridized carbons (Fsp3) is 0.476. The van der Waals surface area contributed by atoms with Crippen LogP contribution in [0.1, 0.15) is 18.9 Å². The van der Waals surface area contributed by atoms with E-state index in [-0.39, 0.29) is 36.0 Å². The van der Waals surface area contributed by atoms with Gasteiger partial charge in [-0.15, -0.1) is 0 Å². The summed E-state index contributed by atoms with van der Waals surface area (Å²) in [6.45, 7) is -4.94. The highest BCUT2D eigenvalue weighted by Gasteiger charge is 2.47. The van der Waals surface area contributed by atoms with Gasteiger partial charge in [-0.05, 0) is 17.9 Å². The standard InChI is InChI=1S/C21H25FN9O8PS/c22-12-14(33)11(38-20(12)30-2-1-9-15(23)25-6-26-16(9)30)5-36-40(35,41)39-10-3-8(4-32)37-19(10)31-7-27-13-17(31)28-21(24)29-18(13)34/h1-2,6-8,10-12,14,19-20,32-33H,3-5H2,(H,35,41)(H2,23,25,26)(H3,24,28,29,34)/t8-,10+,11+,12-,14+,19+,20?,40?/m0/s1. The monoisotopic (exact) mass is 613 g/mol. The molecular formula is C21H25FN9O8PS. The molecule has 4 aromatic rings. The number of nitrogens with zero attached hydrogens (tertiary/aromatic N) is 6. The number of fused-ring (bicyclic) bond motifs is 2. The topological polar surface area (TPSA) is 244 Å². The molecular weight excluding hydrogens is 588 g/mol. The van der Waals surface area contributed by atoms with Crippen molar-refractivity contribution >= 4 is 52.5 Å². The van der Waals surface area contributed by atoms with E-state index in [2.05, 4.69) is 24.9 Å². The smallest absolute Gasteiger partial charge is 0.325 e. The number of nitrogens with one attached hydrogen (secondary N) is 1. The Morgan fingerprint density at radius 2 is 2.02 bits per heavy atom. The molecule has 0 amide bonds. The first-order valence-corrected chi connectivity index (χ1v) is 14.8. The Labute approximate surface area is 234 Å². The normalized spacial score (nSPS) is 29.9. The van der Waals surface area contributed by atoms with Gasteiger partial charge >= 0.3 is 6.72 Å². The molecule has 8 atom stereocenters. The highest BCUT2D eigenvalue weighted by atomic mass is 32.5. The van der Waals surface area contributed by atoms with Crippen LogP contribution in [0.4, 0.5) is 16.2 Å². The molecule has 41 heavy (non-hydrogen) atoms. The first-order chi connectivity index (χ1) is 19.6. The van der Waals surface area contributed by atoms with E-state index in [1.54, 1.807) is 6.07 Å². The van der Waals surface area contributed by atoms with Crippen molar-refractivity contribution in [3.8, 4) is 0 Å². The number of halogens is 1. The lowest BCUT2D eigenvalue weighted by Gasteiger charge is -2.25. The van der Waals surface area contributed by atoms with Gasteiger partial charge in [-0.3, -0.25) is 14.3 Å². The molecule has 4 aromatic heterocycles. The number of H-pyrrole nitrogens is 1. The van der Waals surface area contributed by atoms with Crippen molar-refractivity contribution in [1.82, 2.24) is 34.1 Å². The largest absolute Gasteiger partial charge is 0.394 e. The van der Waals surface area contributed by atoms with Crippen LogP contribution in [-0.2, 0) is 30.3 Å². The number of ether oxygens (including phenoxy) is 2. The SMILES string of the molecule is Nc1nc2c(ncn2[C@@H]2O[C@H](CO)C[C@H]2OP(O)(=S)OC[C@H]2OC(n3ccc4c(N)ncnc43)[C@@H](F)[C@@H]2O)c(=O)[nH]1. The Kier molecular flexibility index (Phi) is 7.25. The van der Waals surface area contributed by atoms with Crippen molar-refractivity contribution in [3.63, 3.8) is 0 Å². The summed E-state index contributed by atoms with van der Waals surface area (Å²) in [5.74, 6) is 0.0468. The summed E-state index contributed by atoms with van der Waals surface area (Å²) in [6.07, 6.45) is -4.58. The van der Waals surface area contributed by atoms with Gasteiger partial charge in [-0.25, -0.2) is 19.3 Å². The van der Waals surface area contributed by atoms with Crippen LogP contribution in [-0.4, -0.2) is 93.0 Å². The van der Waals surface area contributed by atoms with E-state index in [4.69, 9.17) is 41.8 Å². The summed E-state index contributed by atoms with van der Waals surface area (Å²) in [7, 11) is 0.